The van der Waals surface area contributed by atoms with Gasteiger partial charge in [-0.1, -0.05) is 148 Å². The first-order valence-electron chi connectivity index (χ1n) is 33.8. The zero-order chi connectivity index (χ0) is 68.1. The number of esters is 2. The highest BCUT2D eigenvalue weighted by atomic mass is 35.5. The predicted molar refractivity (Wildman–Crippen MR) is 402 cm³/mol. The summed E-state index contributed by atoms with van der Waals surface area (Å²) >= 11 is 0. The van der Waals surface area contributed by atoms with Crippen LogP contribution in [0.2, 0.25) is 0 Å². The number of aliphatic hydroxyl groups excluding tert-OH is 1. The van der Waals surface area contributed by atoms with Crippen LogP contribution >= 0.6 is 24.8 Å². The van der Waals surface area contributed by atoms with Gasteiger partial charge in [-0.15, -0.1) is 24.8 Å². The van der Waals surface area contributed by atoms with Crippen LogP contribution in [-0.2, 0) is 19.1 Å². The van der Waals surface area contributed by atoms with Crippen LogP contribution in [0.25, 0.3) is 32.3 Å². The lowest BCUT2D eigenvalue weighted by atomic mass is 9.87. The van der Waals surface area contributed by atoms with Crippen molar-refractivity contribution in [2.24, 2.45) is 23.5 Å². The predicted octanol–water partition coefficient (Wildman–Crippen LogP) is 15.3. The summed E-state index contributed by atoms with van der Waals surface area (Å²) in [5.41, 5.74) is 14.3. The van der Waals surface area contributed by atoms with Gasteiger partial charge in [-0.25, -0.2) is 4.79 Å². The number of ether oxygens (including phenoxy) is 2. The molecule has 0 radical (unpaired) electrons. The quantitative estimate of drug-likeness (QED) is 0.0451. The summed E-state index contributed by atoms with van der Waals surface area (Å²) in [6.45, 7) is 15.0. The minimum absolute atomic E-state index is 0. The van der Waals surface area contributed by atoms with Gasteiger partial charge in [-0.2, -0.15) is 0 Å². The molecular weight excluding hydrogens is 1270 g/mol. The molecule has 7 atom stereocenters. The Labute approximate surface area is 589 Å². The van der Waals surface area contributed by atoms with E-state index in [1.165, 1.54) is 107 Å². The number of amides is 2. The standard InChI is InChI=1S/C27H30N2O3.C26H30N2O2.C24H25NO2.C4H9NO2.2ClH/c1-19(24-9-5-7-21-6-3-4-8-25(21)24)16-20-14-15-29(18-20)23-12-10-22(11-13-23)27(31)28-17-26(30)32-2;1-19(24-8-4-6-21-5-2-3-7-25(21)24)17-20-13-15-28(18-20)23-11-9-22(10-12-23)26(30)27-14-16-29;1-17(22-8-4-6-19-5-2-3-7-23(19)22)15-18-13-14-25(16-18)21-11-9-20(10-12-21)24(26)27;1-3(5)4(6)7-2;;/h3-13,19-20H,14-18H2,1-2H3,(H,28,31);2-12,19-20,29H,13-18H2,1H3,(H,27,30);2-12,17-18H,13-16H2,1H3,(H,26,27);3H,5H2,1-2H3;2*1H/t2*19-,20+;17-,18+;3-;;/m0000../s1. The van der Waals surface area contributed by atoms with Gasteiger partial charge in [-0.05, 0) is 203 Å². The lowest BCUT2D eigenvalue weighted by Gasteiger charge is -2.21. The topological polar surface area (TPSA) is 204 Å². The molecule has 6 N–H and O–H groups in total. The van der Waals surface area contributed by atoms with E-state index in [9.17, 15) is 24.0 Å². The lowest BCUT2D eigenvalue weighted by Crippen LogP contribution is -2.30. The van der Waals surface area contributed by atoms with Crippen LogP contribution in [0.1, 0.15) is 132 Å². The minimum Gasteiger partial charge on any atom is -0.478 e. The summed E-state index contributed by atoms with van der Waals surface area (Å²) in [6, 6.07) is 68.0. The first-order valence-corrected chi connectivity index (χ1v) is 33.8. The van der Waals surface area contributed by atoms with E-state index in [0.717, 1.165) is 50.6 Å². The largest absolute Gasteiger partial charge is 0.478 e. The smallest absolute Gasteiger partial charge is 0.335 e. The molecule has 17 heteroatoms. The number of carboxylic acids is 1. The summed E-state index contributed by atoms with van der Waals surface area (Å²) in [5, 5.41) is 31.2. The number of carbonyl (C=O) groups is 5. The summed E-state index contributed by atoms with van der Waals surface area (Å²) in [7, 11) is 2.61. The number of aromatic carboxylic acids is 1. The fourth-order valence-corrected chi connectivity index (χ4v) is 13.9. The number of anilines is 3. The fraction of sp³-hybridized carbons (Fsp3) is 0.346. The Bertz CT molecular complexity index is 4030. The van der Waals surface area contributed by atoms with Crippen LogP contribution in [0, 0.1) is 17.8 Å². The number of halogens is 2. The summed E-state index contributed by atoms with van der Waals surface area (Å²) in [6.07, 6.45) is 7.10. The number of nitrogens with zero attached hydrogens (tertiary/aromatic N) is 3. The molecule has 518 valence electrons. The Morgan fingerprint density at radius 3 is 1.09 bits per heavy atom. The molecule has 98 heavy (non-hydrogen) atoms. The van der Waals surface area contributed by atoms with Gasteiger partial charge in [0, 0.05) is 74.0 Å². The number of benzene rings is 9. The van der Waals surface area contributed by atoms with E-state index in [0.29, 0.717) is 52.2 Å². The molecule has 3 saturated heterocycles. The lowest BCUT2D eigenvalue weighted by molar-refractivity contribution is -0.141. The van der Waals surface area contributed by atoms with Crippen molar-refractivity contribution in [3.63, 3.8) is 0 Å². The molecule has 15 nitrogen and oxygen atoms in total. The van der Waals surface area contributed by atoms with Crippen molar-refractivity contribution in [3.05, 3.63) is 234 Å². The average molecular weight is 1370 g/mol. The number of nitrogens with two attached hydrogens (primary N) is 1. The summed E-state index contributed by atoms with van der Waals surface area (Å²) in [5.74, 6) is 1.42. The van der Waals surface area contributed by atoms with Crippen LogP contribution in [0.3, 0.4) is 0 Å². The highest BCUT2D eigenvalue weighted by molar-refractivity contribution is 5.97. The zero-order valence-electron chi connectivity index (χ0n) is 57.2. The maximum absolute atomic E-state index is 12.2. The average Bonchev–Trinajstić information content (AvgIpc) is 1.14. The second kappa shape index (κ2) is 37.7. The molecule has 0 saturated carbocycles. The minimum atomic E-state index is -0.871. The number of hydrogen-bond acceptors (Lipinski definition) is 12. The maximum atomic E-state index is 12.2. The molecular formula is C81H96Cl2N6O9. The van der Waals surface area contributed by atoms with E-state index < -0.39 is 18.0 Å². The maximum Gasteiger partial charge on any atom is 0.335 e. The Balaban J connectivity index is 0.000000196. The number of methoxy groups -OCH3 is 2. The van der Waals surface area contributed by atoms with Gasteiger partial charge < -0.3 is 50.8 Å². The van der Waals surface area contributed by atoms with Crippen molar-refractivity contribution in [2.75, 3.05) is 87.9 Å². The number of aliphatic hydroxyl groups is 1. The number of nitrogens with one attached hydrogen (secondary N) is 2. The van der Waals surface area contributed by atoms with Gasteiger partial charge in [-0.3, -0.25) is 19.2 Å². The molecule has 0 spiro atoms. The Morgan fingerprint density at radius 1 is 0.459 bits per heavy atom. The second-order valence-electron chi connectivity index (χ2n) is 25.9. The molecule has 2 amide bonds. The van der Waals surface area contributed by atoms with Gasteiger partial charge in [0.15, 0.2) is 0 Å². The third-order valence-electron chi connectivity index (χ3n) is 19.0. The Hall–Kier alpha value is -8.99. The molecule has 0 bridgehead atoms. The third-order valence-corrected chi connectivity index (χ3v) is 19.0. The van der Waals surface area contributed by atoms with E-state index >= 15 is 0 Å². The molecule has 9 aromatic carbocycles. The van der Waals surface area contributed by atoms with Crippen LogP contribution in [0.15, 0.2) is 200 Å². The molecule has 12 rings (SSSR count). The van der Waals surface area contributed by atoms with Gasteiger partial charge in [0.05, 0.1) is 26.4 Å². The summed E-state index contributed by atoms with van der Waals surface area (Å²) < 4.78 is 8.80. The molecule has 3 aliphatic rings. The number of rotatable bonds is 20. The van der Waals surface area contributed by atoms with Gasteiger partial charge in [0.25, 0.3) is 11.8 Å². The van der Waals surface area contributed by atoms with Crippen LogP contribution in [0.5, 0.6) is 0 Å². The molecule has 3 heterocycles. The first kappa shape index (κ1) is 76.4. The van der Waals surface area contributed by atoms with Crippen molar-refractivity contribution in [3.8, 4) is 0 Å². The van der Waals surface area contributed by atoms with Crippen molar-refractivity contribution >= 4 is 104 Å². The van der Waals surface area contributed by atoms with E-state index in [1.54, 1.807) is 19.1 Å². The van der Waals surface area contributed by atoms with Gasteiger partial charge in [0.2, 0.25) is 0 Å². The van der Waals surface area contributed by atoms with E-state index in [1.807, 2.05) is 60.7 Å². The number of fused-ring (bicyclic) bond motifs is 3. The zero-order valence-corrected chi connectivity index (χ0v) is 58.8. The monoisotopic (exact) mass is 1370 g/mol. The van der Waals surface area contributed by atoms with Gasteiger partial charge >= 0.3 is 17.9 Å². The Morgan fingerprint density at radius 2 is 0.786 bits per heavy atom. The molecule has 3 aliphatic heterocycles. The molecule has 3 fully saturated rings. The highest BCUT2D eigenvalue weighted by Gasteiger charge is 2.29. The number of hydrogen-bond donors (Lipinski definition) is 5. The van der Waals surface area contributed by atoms with Gasteiger partial charge in [0.1, 0.15) is 12.6 Å². The highest BCUT2D eigenvalue weighted by Crippen LogP contribution is 2.38. The van der Waals surface area contributed by atoms with Crippen LogP contribution in [0.4, 0.5) is 17.1 Å². The van der Waals surface area contributed by atoms with E-state index in [2.05, 4.69) is 183 Å². The van der Waals surface area contributed by atoms with Crippen molar-refractivity contribution < 1.29 is 43.7 Å². The Kier molecular flexibility index (Phi) is 29.4. The molecule has 0 aliphatic carbocycles. The van der Waals surface area contributed by atoms with E-state index in [-0.39, 0.29) is 62.3 Å². The number of carboxylic acid groups (broad SMARTS) is 1. The normalized spacial score (nSPS) is 16.6. The first-order chi connectivity index (χ1) is 46.5. The fourth-order valence-electron chi connectivity index (χ4n) is 13.9. The third kappa shape index (κ3) is 20.8. The van der Waals surface area contributed by atoms with Crippen molar-refractivity contribution in [1.29, 1.82) is 0 Å². The second-order valence-corrected chi connectivity index (χ2v) is 25.9. The van der Waals surface area contributed by atoms with Crippen molar-refractivity contribution in [1.82, 2.24) is 10.6 Å². The SMILES string of the molecule is COC(=O)CNC(=O)c1ccc(N2CC[C@H](C[C@H](C)c3cccc4ccccc34)C2)cc1.COC(=O)[C@H](C)N.C[C@@H](C[C@H]1CCN(c2ccc(C(=O)NCCO)cc2)C1)c1cccc2ccccc12.C[C@@H](C[C@H]1CCN(c2ccc(C(=O)O)cc2)C1)c1cccc2ccccc12.Cl.Cl. The number of carbonyl (C=O) groups excluding carboxylic acids is 4. The summed E-state index contributed by atoms with van der Waals surface area (Å²) in [4.78, 5) is 63.8. The van der Waals surface area contributed by atoms with Crippen LogP contribution in [-0.4, -0.2) is 119 Å². The van der Waals surface area contributed by atoms with Crippen LogP contribution < -0.4 is 31.1 Å². The van der Waals surface area contributed by atoms with Crippen molar-refractivity contribution in [2.45, 2.75) is 90.0 Å². The molecule has 9 aromatic rings. The molecule has 0 unspecified atom stereocenters. The van der Waals surface area contributed by atoms with E-state index in [4.69, 9.17) is 15.9 Å². The molecule has 0 aromatic heterocycles.